The summed E-state index contributed by atoms with van der Waals surface area (Å²) < 4.78 is 5.06. The summed E-state index contributed by atoms with van der Waals surface area (Å²) in [6, 6.07) is 1.43. The predicted molar refractivity (Wildman–Crippen MR) is 50.2 cm³/mol. The van der Waals surface area contributed by atoms with Gasteiger partial charge in [-0.25, -0.2) is 4.98 Å². The van der Waals surface area contributed by atoms with Gasteiger partial charge in [-0.1, -0.05) is 11.6 Å². The highest BCUT2D eigenvalue weighted by atomic mass is 35.5. The van der Waals surface area contributed by atoms with E-state index in [1.807, 2.05) is 0 Å². The molecule has 0 aliphatic carbocycles. The van der Waals surface area contributed by atoms with Crippen molar-refractivity contribution in [1.29, 1.82) is 0 Å². The Labute approximate surface area is 81.3 Å². The van der Waals surface area contributed by atoms with Gasteiger partial charge in [-0.15, -0.1) is 0 Å². The maximum absolute atomic E-state index is 8.88. The first-order valence-corrected chi connectivity index (χ1v) is 4.18. The van der Waals surface area contributed by atoms with E-state index in [2.05, 4.69) is 4.98 Å². The maximum atomic E-state index is 8.88. The molecule has 0 spiro atoms. The van der Waals surface area contributed by atoms with Crippen molar-refractivity contribution in [2.75, 3.05) is 6.61 Å². The van der Waals surface area contributed by atoms with Crippen LogP contribution in [-0.2, 0) is 0 Å². The molecule has 0 aromatic carbocycles. The molecule has 0 unspecified atom stereocenters. The molecule has 0 saturated carbocycles. The molecule has 0 aliphatic heterocycles. The molecule has 13 heavy (non-hydrogen) atoms. The molecule has 0 bridgehead atoms. The van der Waals surface area contributed by atoms with Gasteiger partial charge in [0.25, 0.3) is 0 Å². The molecule has 0 aliphatic rings. The lowest BCUT2D eigenvalue weighted by Gasteiger charge is -2.07. The van der Waals surface area contributed by atoms with Crippen LogP contribution in [0.1, 0.15) is 6.92 Å². The van der Waals surface area contributed by atoms with Crippen molar-refractivity contribution in [3.8, 4) is 5.88 Å². The van der Waals surface area contributed by atoms with Crippen molar-refractivity contribution in [3.05, 3.63) is 17.3 Å². The summed E-state index contributed by atoms with van der Waals surface area (Å²) in [5.41, 5.74) is 0.195. The standard InChI is InChI=1S/C7H9BClNO3/c1-2-13-7-6(9)5(8(11)12)3-4-10-7/h3-4,11-12H,2H2,1H3. The molecular weight excluding hydrogens is 192 g/mol. The monoisotopic (exact) mass is 201 g/mol. The lowest BCUT2D eigenvalue weighted by molar-refractivity contribution is 0.327. The van der Waals surface area contributed by atoms with Crippen LogP contribution < -0.4 is 10.2 Å². The minimum absolute atomic E-state index is 0.138. The van der Waals surface area contributed by atoms with Gasteiger partial charge in [0.2, 0.25) is 5.88 Å². The number of hydrogen-bond donors (Lipinski definition) is 2. The van der Waals surface area contributed by atoms with Gasteiger partial charge >= 0.3 is 7.12 Å². The van der Waals surface area contributed by atoms with E-state index in [-0.39, 0.29) is 16.4 Å². The van der Waals surface area contributed by atoms with E-state index in [4.69, 9.17) is 26.4 Å². The van der Waals surface area contributed by atoms with Crippen LogP contribution in [-0.4, -0.2) is 28.8 Å². The highest BCUT2D eigenvalue weighted by Gasteiger charge is 2.18. The zero-order valence-electron chi connectivity index (χ0n) is 7.07. The predicted octanol–water partition coefficient (Wildman–Crippen LogP) is -0.186. The smallest absolute Gasteiger partial charge is 0.477 e. The first-order valence-electron chi connectivity index (χ1n) is 3.80. The normalized spacial score (nSPS) is 9.85. The van der Waals surface area contributed by atoms with Crippen molar-refractivity contribution in [2.45, 2.75) is 6.92 Å². The van der Waals surface area contributed by atoms with Crippen LogP contribution >= 0.6 is 11.6 Å². The number of ether oxygens (including phenoxy) is 1. The van der Waals surface area contributed by atoms with Crippen molar-refractivity contribution in [1.82, 2.24) is 4.98 Å². The van der Waals surface area contributed by atoms with Crippen molar-refractivity contribution in [3.63, 3.8) is 0 Å². The van der Waals surface area contributed by atoms with E-state index >= 15 is 0 Å². The SMILES string of the molecule is CCOc1nccc(B(O)O)c1Cl. The molecule has 1 aromatic rings. The van der Waals surface area contributed by atoms with Gasteiger partial charge < -0.3 is 14.8 Å². The first kappa shape index (κ1) is 10.3. The van der Waals surface area contributed by atoms with Gasteiger partial charge in [-0.3, -0.25) is 0 Å². The summed E-state index contributed by atoms with van der Waals surface area (Å²) in [7, 11) is -1.60. The van der Waals surface area contributed by atoms with Crippen LogP contribution in [0.25, 0.3) is 0 Å². The Hall–Kier alpha value is -0.775. The minimum Gasteiger partial charge on any atom is -0.477 e. The third kappa shape index (κ3) is 2.34. The average molecular weight is 201 g/mol. The summed E-state index contributed by atoms with van der Waals surface area (Å²) in [5, 5.41) is 17.9. The van der Waals surface area contributed by atoms with Crippen LogP contribution in [0.15, 0.2) is 12.3 Å². The number of rotatable bonds is 3. The molecule has 70 valence electrons. The van der Waals surface area contributed by atoms with E-state index in [0.29, 0.717) is 6.61 Å². The van der Waals surface area contributed by atoms with E-state index in [0.717, 1.165) is 0 Å². The van der Waals surface area contributed by atoms with Crippen LogP contribution in [0.5, 0.6) is 5.88 Å². The largest absolute Gasteiger partial charge is 0.490 e. The molecule has 6 heteroatoms. The van der Waals surface area contributed by atoms with Crippen molar-refractivity contribution in [2.24, 2.45) is 0 Å². The number of halogens is 1. The Bertz CT molecular complexity index is 295. The number of aromatic nitrogens is 1. The second-order valence-corrected chi connectivity index (χ2v) is 2.70. The summed E-state index contributed by atoms with van der Waals surface area (Å²) in [6.45, 7) is 2.22. The fourth-order valence-corrected chi connectivity index (χ4v) is 1.14. The van der Waals surface area contributed by atoms with Crippen LogP contribution in [0.3, 0.4) is 0 Å². The topological polar surface area (TPSA) is 62.6 Å². The van der Waals surface area contributed by atoms with E-state index in [1.54, 1.807) is 6.92 Å². The summed E-state index contributed by atoms with van der Waals surface area (Å²) in [5.74, 6) is 0.217. The van der Waals surface area contributed by atoms with Crippen LogP contribution in [0.4, 0.5) is 0 Å². The Kier molecular flexibility index (Phi) is 3.53. The molecule has 1 aromatic heterocycles. The van der Waals surface area contributed by atoms with Gasteiger partial charge in [0.05, 0.1) is 6.61 Å². The van der Waals surface area contributed by atoms with Crippen LogP contribution in [0.2, 0.25) is 5.02 Å². The Balaban J connectivity index is 3.03. The summed E-state index contributed by atoms with van der Waals surface area (Å²) >= 11 is 5.78. The molecular formula is C7H9BClNO3. The molecule has 1 rings (SSSR count). The molecule has 0 amide bonds. The fraction of sp³-hybridized carbons (Fsp3) is 0.286. The highest BCUT2D eigenvalue weighted by molar-refractivity contribution is 6.63. The lowest BCUT2D eigenvalue weighted by Crippen LogP contribution is -2.31. The van der Waals surface area contributed by atoms with Crippen molar-refractivity contribution < 1.29 is 14.8 Å². The van der Waals surface area contributed by atoms with Gasteiger partial charge in [-0.2, -0.15) is 0 Å². The van der Waals surface area contributed by atoms with Gasteiger partial charge in [0.1, 0.15) is 5.02 Å². The molecule has 0 fully saturated rings. The van der Waals surface area contributed by atoms with E-state index in [9.17, 15) is 0 Å². The van der Waals surface area contributed by atoms with Crippen LogP contribution in [0, 0.1) is 0 Å². The molecule has 0 atom stereocenters. The Morgan fingerprint density at radius 2 is 2.31 bits per heavy atom. The molecule has 4 nitrogen and oxygen atoms in total. The minimum atomic E-state index is -1.60. The number of nitrogens with zero attached hydrogens (tertiary/aromatic N) is 1. The third-order valence-electron chi connectivity index (χ3n) is 1.45. The van der Waals surface area contributed by atoms with E-state index in [1.165, 1.54) is 12.3 Å². The fourth-order valence-electron chi connectivity index (χ4n) is 0.875. The summed E-state index contributed by atoms with van der Waals surface area (Å²) in [6.07, 6.45) is 1.41. The van der Waals surface area contributed by atoms with Gasteiger partial charge in [0, 0.05) is 11.7 Å². The van der Waals surface area contributed by atoms with E-state index < -0.39 is 7.12 Å². The second kappa shape index (κ2) is 4.46. The quantitative estimate of drug-likeness (QED) is 0.666. The van der Waals surface area contributed by atoms with Crippen molar-refractivity contribution >= 4 is 24.2 Å². The summed E-state index contributed by atoms with van der Waals surface area (Å²) in [4.78, 5) is 3.83. The van der Waals surface area contributed by atoms with Gasteiger partial charge in [0.15, 0.2) is 0 Å². The Morgan fingerprint density at radius 3 is 2.85 bits per heavy atom. The zero-order chi connectivity index (χ0) is 9.84. The highest BCUT2D eigenvalue weighted by Crippen LogP contribution is 2.18. The first-order chi connectivity index (χ1) is 6.16. The molecule has 0 saturated heterocycles. The molecule has 0 radical (unpaired) electrons. The Morgan fingerprint density at radius 1 is 1.62 bits per heavy atom. The molecule has 1 heterocycles. The number of pyridine rings is 1. The average Bonchev–Trinajstić information content (AvgIpc) is 2.08. The second-order valence-electron chi connectivity index (χ2n) is 2.33. The maximum Gasteiger partial charge on any atom is 0.490 e. The third-order valence-corrected chi connectivity index (χ3v) is 1.83. The van der Waals surface area contributed by atoms with Gasteiger partial charge in [-0.05, 0) is 13.0 Å². The number of hydrogen-bond acceptors (Lipinski definition) is 4. The zero-order valence-corrected chi connectivity index (χ0v) is 7.82. The lowest BCUT2D eigenvalue weighted by atomic mass is 9.81. The molecule has 2 N–H and O–H groups in total.